The van der Waals surface area contributed by atoms with E-state index in [1.54, 1.807) is 4.90 Å². The molecular formula is C17H21N3O4. The molecule has 2 aromatic rings. The Balaban J connectivity index is 1.81. The minimum absolute atomic E-state index is 0.301. The second-order valence-corrected chi connectivity index (χ2v) is 6.59. The molecule has 0 unspecified atom stereocenters. The van der Waals surface area contributed by atoms with Gasteiger partial charge in [0.1, 0.15) is 11.6 Å². The van der Waals surface area contributed by atoms with Gasteiger partial charge in [0, 0.05) is 12.1 Å². The fraction of sp³-hybridized carbons (Fsp3) is 0.471. The lowest BCUT2D eigenvalue weighted by molar-refractivity contribution is -0.0401. The van der Waals surface area contributed by atoms with E-state index in [9.17, 15) is 4.79 Å². The lowest BCUT2D eigenvalue weighted by Crippen LogP contribution is -2.45. The molecule has 1 atom stereocenters. The minimum atomic E-state index is -0.565. The highest BCUT2D eigenvalue weighted by atomic mass is 16.6. The second kappa shape index (κ2) is 6.60. The van der Waals surface area contributed by atoms with Crippen LogP contribution in [-0.2, 0) is 9.47 Å². The number of benzene rings is 1. The van der Waals surface area contributed by atoms with E-state index in [1.807, 2.05) is 51.1 Å². The smallest absolute Gasteiger partial charge is 0.411 e. The van der Waals surface area contributed by atoms with Crippen LogP contribution in [0.5, 0.6) is 0 Å². The van der Waals surface area contributed by atoms with Crippen molar-refractivity contribution in [2.24, 2.45) is 0 Å². The molecule has 0 spiro atoms. The predicted molar refractivity (Wildman–Crippen MR) is 86.2 cm³/mol. The third-order valence-corrected chi connectivity index (χ3v) is 3.52. The summed E-state index contributed by atoms with van der Waals surface area (Å²) in [6, 6.07) is 9.09. The third kappa shape index (κ3) is 3.73. The number of nitrogens with zero attached hydrogens (tertiary/aromatic N) is 3. The van der Waals surface area contributed by atoms with Crippen LogP contribution in [0.4, 0.5) is 4.79 Å². The molecule has 2 heterocycles. The lowest BCUT2D eigenvalue weighted by atomic mass is 10.2. The van der Waals surface area contributed by atoms with Crippen molar-refractivity contribution in [1.29, 1.82) is 0 Å². The number of hydrogen-bond donors (Lipinski definition) is 0. The summed E-state index contributed by atoms with van der Waals surface area (Å²) in [7, 11) is 0. The Kier molecular flexibility index (Phi) is 4.53. The van der Waals surface area contributed by atoms with Crippen molar-refractivity contribution >= 4 is 6.09 Å². The van der Waals surface area contributed by atoms with Crippen molar-refractivity contribution < 1.29 is 18.8 Å². The first-order chi connectivity index (χ1) is 11.4. The Morgan fingerprint density at radius 1 is 1.29 bits per heavy atom. The maximum absolute atomic E-state index is 12.4. The number of rotatable bonds is 2. The molecule has 0 bridgehead atoms. The SMILES string of the molecule is CC(C)(C)OC(=O)N1CCOC[C@H]1c1nc(-c2ccccc2)no1. The van der Waals surface area contributed by atoms with Gasteiger partial charge in [-0.25, -0.2) is 4.79 Å². The van der Waals surface area contributed by atoms with Crippen molar-refractivity contribution in [2.75, 3.05) is 19.8 Å². The van der Waals surface area contributed by atoms with Crippen molar-refractivity contribution in [3.05, 3.63) is 36.2 Å². The van der Waals surface area contributed by atoms with Crippen LogP contribution in [0.3, 0.4) is 0 Å². The Morgan fingerprint density at radius 3 is 2.75 bits per heavy atom. The van der Waals surface area contributed by atoms with Crippen LogP contribution in [0.25, 0.3) is 11.4 Å². The molecule has 3 rings (SSSR count). The molecule has 128 valence electrons. The quantitative estimate of drug-likeness (QED) is 0.842. The van der Waals surface area contributed by atoms with E-state index in [4.69, 9.17) is 14.0 Å². The standard InChI is InChI=1S/C17H21N3O4/c1-17(2,3)23-16(21)20-9-10-22-11-13(20)15-18-14(19-24-15)12-7-5-4-6-8-12/h4-8,13H,9-11H2,1-3H3/t13-/m0/s1. The Morgan fingerprint density at radius 2 is 2.04 bits per heavy atom. The van der Waals surface area contributed by atoms with Crippen LogP contribution in [0.2, 0.25) is 0 Å². The molecule has 24 heavy (non-hydrogen) atoms. The number of aromatic nitrogens is 2. The number of ether oxygens (including phenoxy) is 2. The van der Waals surface area contributed by atoms with Gasteiger partial charge in [0.25, 0.3) is 5.89 Å². The Hall–Kier alpha value is -2.41. The van der Waals surface area contributed by atoms with E-state index in [0.29, 0.717) is 31.5 Å². The summed E-state index contributed by atoms with van der Waals surface area (Å²) < 4.78 is 16.3. The summed E-state index contributed by atoms with van der Waals surface area (Å²) in [5.74, 6) is 0.833. The number of amides is 1. The van der Waals surface area contributed by atoms with Crippen LogP contribution in [0, 0.1) is 0 Å². The minimum Gasteiger partial charge on any atom is -0.444 e. The largest absolute Gasteiger partial charge is 0.444 e. The molecule has 0 saturated carbocycles. The molecule has 1 saturated heterocycles. The third-order valence-electron chi connectivity index (χ3n) is 3.52. The van der Waals surface area contributed by atoms with E-state index in [0.717, 1.165) is 5.56 Å². The van der Waals surface area contributed by atoms with Gasteiger partial charge in [0.05, 0.1) is 13.2 Å². The van der Waals surface area contributed by atoms with E-state index in [2.05, 4.69) is 10.1 Å². The van der Waals surface area contributed by atoms with Crippen LogP contribution in [0.15, 0.2) is 34.9 Å². The number of carbonyl (C=O) groups excluding carboxylic acids is 1. The van der Waals surface area contributed by atoms with E-state index >= 15 is 0 Å². The molecule has 7 heteroatoms. The molecule has 0 aliphatic carbocycles. The van der Waals surface area contributed by atoms with Crippen LogP contribution >= 0.6 is 0 Å². The fourth-order valence-corrected chi connectivity index (χ4v) is 2.42. The van der Waals surface area contributed by atoms with Crippen LogP contribution < -0.4 is 0 Å². The molecule has 1 aliphatic heterocycles. The molecule has 1 aromatic carbocycles. The van der Waals surface area contributed by atoms with Crippen LogP contribution in [0.1, 0.15) is 32.7 Å². The molecular weight excluding hydrogens is 310 g/mol. The van der Waals surface area contributed by atoms with E-state index < -0.39 is 17.7 Å². The summed E-state index contributed by atoms with van der Waals surface area (Å²) in [6.07, 6.45) is -0.407. The second-order valence-electron chi connectivity index (χ2n) is 6.59. The van der Waals surface area contributed by atoms with Gasteiger partial charge in [-0.05, 0) is 20.8 Å². The van der Waals surface area contributed by atoms with E-state index in [1.165, 1.54) is 0 Å². The van der Waals surface area contributed by atoms with Crippen molar-refractivity contribution in [3.8, 4) is 11.4 Å². The zero-order chi connectivity index (χ0) is 17.2. The topological polar surface area (TPSA) is 77.7 Å². The maximum atomic E-state index is 12.4. The van der Waals surface area contributed by atoms with Crippen molar-refractivity contribution in [3.63, 3.8) is 0 Å². The first kappa shape index (κ1) is 16.4. The molecule has 1 aliphatic rings. The molecule has 0 N–H and O–H groups in total. The van der Waals surface area contributed by atoms with Gasteiger partial charge in [0.15, 0.2) is 0 Å². The van der Waals surface area contributed by atoms with Gasteiger partial charge in [0.2, 0.25) is 5.82 Å². The van der Waals surface area contributed by atoms with Gasteiger partial charge in [-0.3, -0.25) is 4.90 Å². The van der Waals surface area contributed by atoms with Gasteiger partial charge in [-0.1, -0.05) is 35.5 Å². The van der Waals surface area contributed by atoms with Crippen LogP contribution in [-0.4, -0.2) is 46.5 Å². The molecule has 1 fully saturated rings. The van der Waals surface area contributed by atoms with Crippen molar-refractivity contribution in [2.45, 2.75) is 32.4 Å². The first-order valence-electron chi connectivity index (χ1n) is 7.90. The lowest BCUT2D eigenvalue weighted by Gasteiger charge is -2.34. The summed E-state index contributed by atoms with van der Waals surface area (Å²) in [5, 5.41) is 4.01. The summed E-state index contributed by atoms with van der Waals surface area (Å²) in [5.41, 5.74) is 0.289. The van der Waals surface area contributed by atoms with Gasteiger partial charge in [-0.15, -0.1) is 0 Å². The zero-order valence-corrected chi connectivity index (χ0v) is 14.1. The Labute approximate surface area is 140 Å². The highest BCUT2D eigenvalue weighted by molar-refractivity contribution is 5.69. The number of carbonyl (C=O) groups is 1. The first-order valence-corrected chi connectivity index (χ1v) is 7.90. The van der Waals surface area contributed by atoms with Gasteiger partial charge < -0.3 is 14.0 Å². The highest BCUT2D eigenvalue weighted by Crippen LogP contribution is 2.27. The predicted octanol–water partition coefficient (Wildman–Crippen LogP) is 3.05. The van der Waals surface area contributed by atoms with Gasteiger partial charge >= 0.3 is 6.09 Å². The molecule has 0 radical (unpaired) electrons. The monoisotopic (exact) mass is 331 g/mol. The fourth-order valence-electron chi connectivity index (χ4n) is 2.42. The Bertz CT molecular complexity index is 693. The zero-order valence-electron chi connectivity index (χ0n) is 14.1. The maximum Gasteiger partial charge on any atom is 0.411 e. The average Bonchev–Trinajstić information content (AvgIpc) is 3.04. The van der Waals surface area contributed by atoms with Crippen molar-refractivity contribution in [1.82, 2.24) is 15.0 Å². The van der Waals surface area contributed by atoms with Gasteiger partial charge in [-0.2, -0.15) is 4.98 Å². The molecule has 1 amide bonds. The average molecular weight is 331 g/mol. The highest BCUT2D eigenvalue weighted by Gasteiger charge is 2.35. The molecule has 7 nitrogen and oxygen atoms in total. The molecule has 1 aromatic heterocycles. The summed E-state index contributed by atoms with van der Waals surface area (Å²) >= 11 is 0. The summed E-state index contributed by atoms with van der Waals surface area (Å²) in [4.78, 5) is 18.4. The number of hydrogen-bond acceptors (Lipinski definition) is 6. The number of morpholine rings is 1. The summed E-state index contributed by atoms with van der Waals surface area (Å²) in [6.45, 7) is 6.68. The normalized spacial score (nSPS) is 18.5. The van der Waals surface area contributed by atoms with E-state index in [-0.39, 0.29) is 0 Å².